The molecule has 0 radical (unpaired) electrons. The molecule has 172 valence electrons. The summed E-state index contributed by atoms with van der Waals surface area (Å²) in [5.74, 6) is -0.0607. The van der Waals surface area contributed by atoms with E-state index >= 15 is 0 Å². The summed E-state index contributed by atoms with van der Waals surface area (Å²) in [5, 5.41) is 3.77. The minimum absolute atomic E-state index is 0.0607. The molecule has 0 aromatic carbocycles. The molecule has 1 aliphatic rings. The predicted octanol–water partition coefficient (Wildman–Crippen LogP) is 1.93. The van der Waals surface area contributed by atoms with Gasteiger partial charge in [0.05, 0.1) is 71.1 Å². The molecule has 9 heteroatoms. The van der Waals surface area contributed by atoms with Gasteiger partial charge in [-0.05, 0) is 26.7 Å². The normalized spacial score (nSPS) is 18.8. The second-order valence-electron chi connectivity index (χ2n) is 6.70. The van der Waals surface area contributed by atoms with Crippen LogP contribution in [0.2, 0.25) is 0 Å². The number of ether oxygens (including phenoxy) is 6. The third-order valence-corrected chi connectivity index (χ3v) is 4.64. The molecule has 0 aromatic rings. The van der Waals surface area contributed by atoms with Gasteiger partial charge in [-0.1, -0.05) is 15.9 Å². The minimum atomic E-state index is -0.129. The average Bonchev–Trinajstić information content (AvgIpc) is 2.69. The second-order valence-corrected chi connectivity index (χ2v) is 7.50. The van der Waals surface area contributed by atoms with Gasteiger partial charge >= 0.3 is 0 Å². The number of carbonyl (C=O) groups is 1. The Morgan fingerprint density at radius 2 is 1.41 bits per heavy atom. The summed E-state index contributed by atoms with van der Waals surface area (Å²) in [4.78, 5) is 12.0. The fourth-order valence-electron chi connectivity index (χ4n) is 2.71. The number of rotatable bonds is 20. The first-order valence-electron chi connectivity index (χ1n) is 10.6. The largest absolute Gasteiger partial charge is 0.380 e. The van der Waals surface area contributed by atoms with Crippen LogP contribution in [0.1, 0.15) is 33.1 Å². The van der Waals surface area contributed by atoms with Crippen LogP contribution in [0.5, 0.6) is 0 Å². The Morgan fingerprint density at radius 1 is 0.862 bits per heavy atom. The third kappa shape index (κ3) is 14.4. The molecule has 8 nitrogen and oxygen atoms in total. The van der Waals surface area contributed by atoms with Crippen molar-refractivity contribution in [3.63, 3.8) is 0 Å². The lowest BCUT2D eigenvalue weighted by molar-refractivity contribution is -0.125. The highest BCUT2D eigenvalue weighted by atomic mass is 79.9. The van der Waals surface area contributed by atoms with Crippen LogP contribution in [0.25, 0.3) is 0 Å². The maximum absolute atomic E-state index is 12.0. The SMILES string of the molecule is CCOCC(COCC)NC(=O)CCOCCOC1CC(OCCOCCBr)C1. The van der Waals surface area contributed by atoms with Crippen LogP contribution >= 0.6 is 15.9 Å². The van der Waals surface area contributed by atoms with Crippen molar-refractivity contribution in [3.8, 4) is 0 Å². The van der Waals surface area contributed by atoms with Gasteiger partial charge in [0.2, 0.25) is 5.91 Å². The van der Waals surface area contributed by atoms with Crippen LogP contribution < -0.4 is 5.32 Å². The molecule has 0 unspecified atom stereocenters. The first-order valence-corrected chi connectivity index (χ1v) is 11.7. The van der Waals surface area contributed by atoms with E-state index in [4.69, 9.17) is 28.4 Å². The van der Waals surface area contributed by atoms with Crippen LogP contribution in [0.15, 0.2) is 0 Å². The van der Waals surface area contributed by atoms with E-state index in [-0.39, 0.29) is 24.2 Å². The number of amides is 1. The molecule has 1 rings (SSSR count). The van der Waals surface area contributed by atoms with E-state index in [1.807, 2.05) is 13.8 Å². The quantitative estimate of drug-likeness (QED) is 0.209. The average molecular weight is 484 g/mol. The fourth-order valence-corrected chi connectivity index (χ4v) is 2.94. The fraction of sp³-hybridized carbons (Fsp3) is 0.950. The highest BCUT2D eigenvalue weighted by molar-refractivity contribution is 9.09. The number of alkyl halides is 1. The molecule has 1 saturated carbocycles. The monoisotopic (exact) mass is 483 g/mol. The van der Waals surface area contributed by atoms with Crippen molar-refractivity contribution in [1.29, 1.82) is 0 Å². The van der Waals surface area contributed by atoms with Crippen molar-refractivity contribution in [1.82, 2.24) is 5.32 Å². The molecular formula is C20H38BrNO7. The lowest BCUT2D eigenvalue weighted by atomic mass is 9.92. The van der Waals surface area contributed by atoms with E-state index in [1.165, 1.54) is 0 Å². The molecule has 1 aliphatic carbocycles. The molecule has 0 spiro atoms. The number of halogens is 1. The first kappa shape index (κ1) is 26.7. The molecule has 1 N–H and O–H groups in total. The van der Waals surface area contributed by atoms with Crippen molar-refractivity contribution >= 4 is 21.8 Å². The Morgan fingerprint density at radius 3 is 1.93 bits per heavy atom. The molecule has 0 atom stereocenters. The van der Waals surface area contributed by atoms with Crippen LogP contribution in [-0.2, 0) is 33.2 Å². The zero-order valence-corrected chi connectivity index (χ0v) is 19.5. The smallest absolute Gasteiger partial charge is 0.222 e. The summed E-state index contributed by atoms with van der Waals surface area (Å²) in [7, 11) is 0. The molecule has 0 aromatic heterocycles. The Hall–Kier alpha value is -0.290. The molecule has 0 bridgehead atoms. The standard InChI is InChI=1S/C20H38BrNO7/c1-3-24-15-17(16-25-4-2)22-20(23)5-7-26-9-11-28-18-13-19(14-18)29-12-10-27-8-6-21/h17-19H,3-16H2,1-2H3,(H,22,23). The van der Waals surface area contributed by atoms with E-state index in [2.05, 4.69) is 21.2 Å². The van der Waals surface area contributed by atoms with Crippen molar-refractivity contribution < 1.29 is 33.2 Å². The van der Waals surface area contributed by atoms with Gasteiger partial charge in [-0.2, -0.15) is 0 Å². The van der Waals surface area contributed by atoms with Crippen molar-refractivity contribution in [2.24, 2.45) is 0 Å². The van der Waals surface area contributed by atoms with Crippen LogP contribution in [0.3, 0.4) is 0 Å². The Labute approximate surface area is 183 Å². The number of nitrogens with one attached hydrogen (secondary N) is 1. The molecule has 0 saturated heterocycles. The molecule has 0 aliphatic heterocycles. The highest BCUT2D eigenvalue weighted by Gasteiger charge is 2.30. The number of hydrogen-bond acceptors (Lipinski definition) is 7. The Bertz CT molecular complexity index is 389. The predicted molar refractivity (Wildman–Crippen MR) is 114 cm³/mol. The van der Waals surface area contributed by atoms with E-state index in [0.29, 0.717) is 72.5 Å². The summed E-state index contributed by atoms with van der Waals surface area (Å²) < 4.78 is 33.0. The van der Waals surface area contributed by atoms with Crippen molar-refractivity contribution in [2.75, 3.05) is 71.4 Å². The second kappa shape index (κ2) is 18.5. The molecule has 29 heavy (non-hydrogen) atoms. The van der Waals surface area contributed by atoms with Crippen molar-refractivity contribution in [3.05, 3.63) is 0 Å². The third-order valence-electron chi connectivity index (χ3n) is 4.32. The van der Waals surface area contributed by atoms with Crippen LogP contribution in [0.4, 0.5) is 0 Å². The van der Waals surface area contributed by atoms with Gasteiger partial charge in [-0.25, -0.2) is 0 Å². The van der Waals surface area contributed by atoms with E-state index < -0.39 is 0 Å². The van der Waals surface area contributed by atoms with Crippen LogP contribution in [0, 0.1) is 0 Å². The summed E-state index contributed by atoms with van der Waals surface area (Å²) in [6.07, 6.45) is 2.67. The summed E-state index contributed by atoms with van der Waals surface area (Å²) in [6.45, 7) is 9.34. The number of hydrogen-bond donors (Lipinski definition) is 1. The van der Waals surface area contributed by atoms with E-state index in [0.717, 1.165) is 18.2 Å². The summed E-state index contributed by atoms with van der Waals surface area (Å²) >= 11 is 3.31. The molecule has 1 amide bonds. The van der Waals surface area contributed by atoms with Gasteiger partial charge in [-0.3, -0.25) is 4.79 Å². The van der Waals surface area contributed by atoms with Gasteiger partial charge in [0.25, 0.3) is 0 Å². The zero-order valence-electron chi connectivity index (χ0n) is 17.9. The van der Waals surface area contributed by atoms with Crippen molar-refractivity contribution in [2.45, 2.75) is 51.4 Å². The van der Waals surface area contributed by atoms with Gasteiger partial charge < -0.3 is 33.7 Å². The molecule has 1 fully saturated rings. The molecule has 0 heterocycles. The lowest BCUT2D eigenvalue weighted by Crippen LogP contribution is -2.42. The van der Waals surface area contributed by atoms with Crippen LogP contribution in [-0.4, -0.2) is 95.6 Å². The van der Waals surface area contributed by atoms with Gasteiger partial charge in [0, 0.05) is 25.0 Å². The first-order chi connectivity index (χ1) is 14.2. The summed E-state index contributed by atoms with van der Waals surface area (Å²) in [6, 6.07) is -0.129. The molecular weight excluding hydrogens is 446 g/mol. The maximum atomic E-state index is 12.0. The van der Waals surface area contributed by atoms with Gasteiger partial charge in [0.1, 0.15) is 0 Å². The van der Waals surface area contributed by atoms with Gasteiger partial charge in [0.15, 0.2) is 0 Å². The highest BCUT2D eigenvalue weighted by Crippen LogP contribution is 2.26. The van der Waals surface area contributed by atoms with E-state index in [1.54, 1.807) is 0 Å². The topological polar surface area (TPSA) is 84.5 Å². The van der Waals surface area contributed by atoms with E-state index in [9.17, 15) is 4.79 Å². The summed E-state index contributed by atoms with van der Waals surface area (Å²) in [5.41, 5.74) is 0. The van der Waals surface area contributed by atoms with Gasteiger partial charge in [-0.15, -0.1) is 0 Å². The minimum Gasteiger partial charge on any atom is -0.380 e. The maximum Gasteiger partial charge on any atom is 0.222 e. The number of carbonyl (C=O) groups excluding carboxylic acids is 1. The Balaban J connectivity index is 1.93. The lowest BCUT2D eigenvalue weighted by Gasteiger charge is -2.34. The Kier molecular flexibility index (Phi) is 17.0. The zero-order chi connectivity index (χ0) is 21.2.